The monoisotopic (exact) mass is 387 g/mol. The number of anilines is 1. The first-order chi connectivity index (χ1) is 13.5. The first-order valence-electron chi connectivity index (χ1n) is 8.90. The molecule has 2 aromatic rings. The summed E-state index contributed by atoms with van der Waals surface area (Å²) < 4.78 is 25.5. The molecule has 146 valence electrons. The van der Waals surface area contributed by atoms with Crippen LogP contribution < -0.4 is 20.1 Å². The van der Waals surface area contributed by atoms with Gasteiger partial charge in [-0.2, -0.15) is 0 Å². The number of hydrogen-bond acceptors (Lipinski definition) is 6. The van der Waals surface area contributed by atoms with Crippen molar-refractivity contribution in [1.29, 1.82) is 0 Å². The largest absolute Gasteiger partial charge is 0.486 e. The second-order valence-corrected chi connectivity index (χ2v) is 6.60. The fourth-order valence-electron chi connectivity index (χ4n) is 3.43. The number of nitro groups is 1. The minimum absolute atomic E-state index is 0.0749. The number of fused-ring (bicyclic) bond motifs is 2. The van der Waals surface area contributed by atoms with Crippen molar-refractivity contribution in [3.05, 3.63) is 56.9 Å². The summed E-state index contributed by atoms with van der Waals surface area (Å²) in [5.41, 5.74) is 1.46. The van der Waals surface area contributed by atoms with Gasteiger partial charge in [0.25, 0.3) is 5.69 Å². The maximum Gasteiger partial charge on any atom is 0.277 e. The third-order valence-electron chi connectivity index (χ3n) is 4.77. The van der Waals surface area contributed by atoms with Crippen molar-refractivity contribution in [3.8, 4) is 11.5 Å². The molecule has 0 saturated heterocycles. The lowest BCUT2D eigenvalue weighted by Gasteiger charge is -2.20. The van der Waals surface area contributed by atoms with Crippen molar-refractivity contribution < 1.29 is 23.6 Å². The van der Waals surface area contributed by atoms with Gasteiger partial charge in [-0.15, -0.1) is 0 Å². The molecule has 1 amide bonds. The average Bonchev–Trinajstić information content (AvgIpc) is 2.69. The van der Waals surface area contributed by atoms with Gasteiger partial charge in [-0.25, -0.2) is 4.39 Å². The number of nitrogens with zero attached hydrogens (tertiary/aromatic N) is 1. The van der Waals surface area contributed by atoms with Crippen LogP contribution >= 0.6 is 0 Å². The fraction of sp³-hybridized carbons (Fsp3) is 0.316. The van der Waals surface area contributed by atoms with E-state index in [1.165, 1.54) is 18.2 Å². The predicted octanol–water partition coefficient (Wildman–Crippen LogP) is 2.33. The summed E-state index contributed by atoms with van der Waals surface area (Å²) in [5.74, 6) is -0.375. The zero-order chi connectivity index (χ0) is 19.7. The third kappa shape index (κ3) is 3.48. The number of nitrogens with one attached hydrogen (secondary N) is 2. The Morgan fingerprint density at radius 3 is 2.75 bits per heavy atom. The van der Waals surface area contributed by atoms with Crippen LogP contribution in [0, 0.1) is 15.9 Å². The molecule has 4 rings (SSSR count). The van der Waals surface area contributed by atoms with E-state index in [9.17, 15) is 19.3 Å². The van der Waals surface area contributed by atoms with Crippen LogP contribution in [0.1, 0.15) is 16.7 Å². The van der Waals surface area contributed by atoms with E-state index in [1.807, 2.05) is 0 Å². The van der Waals surface area contributed by atoms with Crippen LogP contribution in [0.3, 0.4) is 0 Å². The number of ether oxygens (including phenoxy) is 2. The lowest BCUT2D eigenvalue weighted by atomic mass is 9.99. The molecule has 0 spiro atoms. The first-order valence-corrected chi connectivity index (χ1v) is 8.90. The van der Waals surface area contributed by atoms with E-state index in [2.05, 4.69) is 10.6 Å². The number of carbonyl (C=O) groups excluding carboxylic acids is 1. The number of nitro benzene ring substituents is 1. The van der Waals surface area contributed by atoms with Gasteiger partial charge in [0.1, 0.15) is 19.0 Å². The molecule has 2 N–H and O–H groups in total. The minimum atomic E-state index is -0.576. The second kappa shape index (κ2) is 7.43. The summed E-state index contributed by atoms with van der Waals surface area (Å²) in [6, 6.07) is 5.97. The van der Waals surface area contributed by atoms with Crippen LogP contribution in [-0.4, -0.2) is 30.6 Å². The van der Waals surface area contributed by atoms with Gasteiger partial charge in [-0.1, -0.05) is 6.07 Å². The highest BCUT2D eigenvalue weighted by atomic mass is 19.1. The Bertz CT molecular complexity index is 963. The average molecular weight is 387 g/mol. The van der Waals surface area contributed by atoms with Gasteiger partial charge in [0.15, 0.2) is 11.5 Å². The summed E-state index contributed by atoms with van der Waals surface area (Å²) >= 11 is 0. The van der Waals surface area contributed by atoms with Crippen molar-refractivity contribution in [2.45, 2.75) is 19.4 Å². The summed E-state index contributed by atoms with van der Waals surface area (Å²) in [6.45, 7) is 1.89. The number of amides is 1. The molecule has 28 heavy (non-hydrogen) atoms. The Labute approximate surface area is 159 Å². The lowest BCUT2D eigenvalue weighted by Crippen LogP contribution is -2.25. The summed E-state index contributed by atoms with van der Waals surface area (Å²) in [5, 5.41) is 17.1. The molecule has 2 aliphatic rings. The van der Waals surface area contributed by atoms with Crippen molar-refractivity contribution in [2.75, 3.05) is 25.1 Å². The highest BCUT2D eigenvalue weighted by molar-refractivity contribution is 5.93. The van der Waals surface area contributed by atoms with Crippen LogP contribution in [0.5, 0.6) is 11.5 Å². The normalized spacial score (nSPS) is 14.9. The molecular formula is C19H18FN3O5. The second-order valence-electron chi connectivity index (χ2n) is 6.60. The highest BCUT2D eigenvalue weighted by Gasteiger charge is 2.24. The molecule has 0 fully saturated rings. The minimum Gasteiger partial charge on any atom is -0.486 e. The molecule has 0 unspecified atom stereocenters. The molecule has 2 aromatic carbocycles. The summed E-state index contributed by atoms with van der Waals surface area (Å²) in [4.78, 5) is 23.3. The number of carbonyl (C=O) groups is 1. The Balaban J connectivity index is 1.56. The van der Waals surface area contributed by atoms with Crippen LogP contribution in [0.4, 0.5) is 15.8 Å². The van der Waals surface area contributed by atoms with Gasteiger partial charge in [-0.05, 0) is 36.2 Å². The Morgan fingerprint density at radius 2 is 2.00 bits per heavy atom. The molecule has 2 heterocycles. The molecule has 0 atom stereocenters. The van der Waals surface area contributed by atoms with E-state index in [0.29, 0.717) is 44.0 Å². The molecule has 8 nitrogen and oxygen atoms in total. The van der Waals surface area contributed by atoms with Gasteiger partial charge in [-0.3, -0.25) is 14.9 Å². The SMILES string of the molecule is O=C(Cc1cc2c(cc1[N+](=O)[O-])OCCO2)Nc1ccc2c(c1F)CCNC2. The molecule has 9 heteroatoms. The number of hydrogen-bond donors (Lipinski definition) is 2. The topological polar surface area (TPSA) is 103 Å². The number of benzene rings is 2. The van der Waals surface area contributed by atoms with Gasteiger partial charge in [0, 0.05) is 12.1 Å². The molecule has 0 radical (unpaired) electrons. The maximum absolute atomic E-state index is 14.7. The van der Waals surface area contributed by atoms with Crippen LogP contribution in [0.2, 0.25) is 0 Å². The zero-order valence-electron chi connectivity index (χ0n) is 14.9. The van der Waals surface area contributed by atoms with Crippen molar-refractivity contribution in [3.63, 3.8) is 0 Å². The van der Waals surface area contributed by atoms with Crippen LogP contribution in [0.15, 0.2) is 24.3 Å². The summed E-state index contributed by atoms with van der Waals surface area (Å²) in [6.07, 6.45) is 0.254. The van der Waals surface area contributed by atoms with Gasteiger partial charge < -0.3 is 20.1 Å². The van der Waals surface area contributed by atoms with Crippen LogP contribution in [0.25, 0.3) is 0 Å². The lowest BCUT2D eigenvalue weighted by molar-refractivity contribution is -0.385. The zero-order valence-corrected chi connectivity index (χ0v) is 14.9. The quantitative estimate of drug-likeness (QED) is 0.617. The molecule has 0 saturated carbocycles. The van der Waals surface area contributed by atoms with Gasteiger partial charge in [0.2, 0.25) is 5.91 Å². The van der Waals surface area contributed by atoms with E-state index in [0.717, 1.165) is 5.56 Å². The number of rotatable bonds is 4. The van der Waals surface area contributed by atoms with E-state index in [4.69, 9.17) is 9.47 Å². The molecule has 2 aliphatic heterocycles. The van der Waals surface area contributed by atoms with Crippen molar-refractivity contribution in [1.82, 2.24) is 5.32 Å². The smallest absolute Gasteiger partial charge is 0.277 e. The standard InChI is InChI=1S/C19H18FN3O5/c20-19-13-3-4-21-10-11(13)1-2-14(19)22-18(24)8-12-7-16-17(28-6-5-27-16)9-15(12)23(25)26/h1-2,7,9,21H,3-6,8,10H2,(H,22,24). The fourth-order valence-corrected chi connectivity index (χ4v) is 3.43. The predicted molar refractivity (Wildman–Crippen MR) is 98.2 cm³/mol. The molecule has 0 bridgehead atoms. The van der Waals surface area contributed by atoms with E-state index in [-0.39, 0.29) is 29.1 Å². The van der Waals surface area contributed by atoms with E-state index in [1.54, 1.807) is 6.07 Å². The molecular weight excluding hydrogens is 369 g/mol. The Morgan fingerprint density at radius 1 is 1.25 bits per heavy atom. The molecule has 0 aliphatic carbocycles. The third-order valence-corrected chi connectivity index (χ3v) is 4.77. The van der Waals surface area contributed by atoms with E-state index < -0.39 is 16.6 Å². The highest BCUT2D eigenvalue weighted by Crippen LogP contribution is 2.37. The Kier molecular flexibility index (Phi) is 4.82. The van der Waals surface area contributed by atoms with Gasteiger partial charge >= 0.3 is 0 Å². The van der Waals surface area contributed by atoms with Crippen molar-refractivity contribution in [2.24, 2.45) is 0 Å². The Hall–Kier alpha value is -3.20. The van der Waals surface area contributed by atoms with Crippen LogP contribution in [-0.2, 0) is 24.2 Å². The molecule has 0 aromatic heterocycles. The van der Waals surface area contributed by atoms with E-state index >= 15 is 0 Å². The maximum atomic E-state index is 14.7. The first kappa shape index (κ1) is 18.2. The number of halogens is 1. The van der Waals surface area contributed by atoms with Crippen molar-refractivity contribution >= 4 is 17.3 Å². The van der Waals surface area contributed by atoms with Gasteiger partial charge in [0.05, 0.1) is 23.1 Å². The summed E-state index contributed by atoms with van der Waals surface area (Å²) in [7, 11) is 0.